The normalized spacial score (nSPS) is 28.1. The molecule has 1 aromatic rings. The highest BCUT2D eigenvalue weighted by molar-refractivity contribution is 6.02. The summed E-state index contributed by atoms with van der Waals surface area (Å²) in [5.74, 6) is 0.741. The highest BCUT2D eigenvalue weighted by Gasteiger charge is 2.43. The second-order valence-electron chi connectivity index (χ2n) is 6.50. The van der Waals surface area contributed by atoms with Gasteiger partial charge in [-0.15, -0.1) is 0 Å². The van der Waals surface area contributed by atoms with Gasteiger partial charge >= 0.3 is 0 Å². The molecule has 1 aromatic carbocycles. The fourth-order valence-corrected chi connectivity index (χ4v) is 3.45. The van der Waals surface area contributed by atoms with Crippen molar-refractivity contribution in [3.63, 3.8) is 0 Å². The molecule has 0 bridgehead atoms. The fourth-order valence-electron chi connectivity index (χ4n) is 3.45. The van der Waals surface area contributed by atoms with Crippen molar-refractivity contribution in [2.75, 3.05) is 13.2 Å². The second kappa shape index (κ2) is 5.47. The summed E-state index contributed by atoms with van der Waals surface area (Å²) in [6.07, 6.45) is 6.38. The van der Waals surface area contributed by atoms with Crippen LogP contribution >= 0.6 is 0 Å². The number of phenolic OH excluding ortho intramolecular Hbond substituents is 1. The summed E-state index contributed by atoms with van der Waals surface area (Å²) >= 11 is 0. The van der Waals surface area contributed by atoms with Gasteiger partial charge in [-0.1, -0.05) is 5.16 Å². The van der Waals surface area contributed by atoms with Gasteiger partial charge in [-0.3, -0.25) is 0 Å². The van der Waals surface area contributed by atoms with Crippen molar-refractivity contribution in [3.05, 3.63) is 23.8 Å². The van der Waals surface area contributed by atoms with Gasteiger partial charge in [0, 0.05) is 18.4 Å². The Hall–Kier alpha value is -1.75. The number of oxime groups is 1. The van der Waals surface area contributed by atoms with Crippen molar-refractivity contribution in [1.82, 2.24) is 0 Å². The van der Waals surface area contributed by atoms with E-state index in [1.807, 2.05) is 12.1 Å². The van der Waals surface area contributed by atoms with Crippen molar-refractivity contribution >= 4 is 5.71 Å². The Bertz CT molecular complexity index is 586. The lowest BCUT2D eigenvalue weighted by Gasteiger charge is -2.17. The average molecular weight is 303 g/mol. The van der Waals surface area contributed by atoms with E-state index in [9.17, 15) is 5.11 Å². The lowest BCUT2D eigenvalue weighted by atomic mass is 9.93. The standard InChI is InChI=1S/C17H21NO4/c19-15-6-5-12(9-16(15)21-13-3-1-2-4-13)14-10-17(22-18-14)7-8-20-11-17/h5-6,9,13,19H,1-4,7-8,10-11H2/t17-/m1/s1. The summed E-state index contributed by atoms with van der Waals surface area (Å²) in [6.45, 7) is 1.33. The minimum atomic E-state index is -0.278. The molecule has 4 rings (SSSR count). The fraction of sp³-hybridized carbons (Fsp3) is 0.588. The van der Waals surface area contributed by atoms with Crippen molar-refractivity contribution < 1.29 is 19.4 Å². The molecule has 0 aromatic heterocycles. The van der Waals surface area contributed by atoms with Crippen molar-refractivity contribution in [2.45, 2.75) is 50.2 Å². The molecule has 0 unspecified atom stereocenters. The Morgan fingerprint density at radius 3 is 2.91 bits per heavy atom. The van der Waals surface area contributed by atoms with E-state index in [1.54, 1.807) is 6.07 Å². The molecule has 2 fully saturated rings. The number of hydrogen-bond donors (Lipinski definition) is 1. The van der Waals surface area contributed by atoms with Gasteiger partial charge in [-0.2, -0.15) is 0 Å². The van der Waals surface area contributed by atoms with Gasteiger partial charge in [-0.25, -0.2) is 0 Å². The summed E-state index contributed by atoms with van der Waals surface area (Å²) < 4.78 is 11.4. The van der Waals surface area contributed by atoms with E-state index >= 15 is 0 Å². The molecule has 22 heavy (non-hydrogen) atoms. The van der Waals surface area contributed by atoms with Gasteiger partial charge in [0.25, 0.3) is 0 Å². The van der Waals surface area contributed by atoms with E-state index in [4.69, 9.17) is 14.3 Å². The van der Waals surface area contributed by atoms with Gasteiger partial charge in [0.1, 0.15) is 0 Å². The first kappa shape index (κ1) is 13.9. The van der Waals surface area contributed by atoms with Gasteiger partial charge in [0.15, 0.2) is 17.1 Å². The number of nitrogens with zero attached hydrogens (tertiary/aromatic N) is 1. The third-order valence-corrected chi connectivity index (χ3v) is 4.80. The quantitative estimate of drug-likeness (QED) is 0.932. The van der Waals surface area contributed by atoms with Crippen LogP contribution in [0.4, 0.5) is 0 Å². The third kappa shape index (κ3) is 2.54. The highest BCUT2D eigenvalue weighted by atomic mass is 16.7. The molecule has 0 amide bonds. The number of benzene rings is 1. The SMILES string of the molecule is Oc1ccc(C2=NO[C@]3(CCOC3)C2)cc1OC1CCCC1. The van der Waals surface area contributed by atoms with Crippen LogP contribution in [-0.2, 0) is 9.57 Å². The Kier molecular flexibility index (Phi) is 3.45. The predicted molar refractivity (Wildman–Crippen MR) is 81.4 cm³/mol. The van der Waals surface area contributed by atoms with Crippen LogP contribution in [0.1, 0.15) is 44.1 Å². The maximum Gasteiger partial charge on any atom is 0.168 e. The number of rotatable bonds is 3. The second-order valence-corrected chi connectivity index (χ2v) is 6.50. The molecule has 2 aliphatic heterocycles. The predicted octanol–water partition coefficient (Wildman–Crippen LogP) is 3.00. The number of aromatic hydroxyl groups is 1. The summed E-state index contributed by atoms with van der Waals surface area (Å²) in [7, 11) is 0. The first-order valence-electron chi connectivity index (χ1n) is 8.07. The molecule has 1 spiro atoms. The van der Waals surface area contributed by atoms with E-state index in [0.717, 1.165) is 43.6 Å². The van der Waals surface area contributed by atoms with Crippen LogP contribution in [0, 0.1) is 0 Å². The molecule has 118 valence electrons. The van der Waals surface area contributed by atoms with Crippen LogP contribution in [-0.4, -0.2) is 35.7 Å². The first-order chi connectivity index (χ1) is 10.7. The largest absolute Gasteiger partial charge is 0.504 e. The van der Waals surface area contributed by atoms with Gasteiger partial charge < -0.3 is 19.4 Å². The summed E-state index contributed by atoms with van der Waals surface area (Å²) in [6, 6.07) is 5.43. The van der Waals surface area contributed by atoms with Crippen molar-refractivity contribution in [1.29, 1.82) is 0 Å². The molecule has 1 aliphatic carbocycles. The van der Waals surface area contributed by atoms with Crippen LogP contribution < -0.4 is 4.74 Å². The zero-order chi connectivity index (χ0) is 15.0. The summed E-state index contributed by atoms with van der Waals surface area (Å²) in [5, 5.41) is 14.3. The Morgan fingerprint density at radius 2 is 2.14 bits per heavy atom. The topological polar surface area (TPSA) is 60.3 Å². The molecule has 1 N–H and O–H groups in total. The van der Waals surface area contributed by atoms with Crippen LogP contribution in [0.2, 0.25) is 0 Å². The molecular weight excluding hydrogens is 282 g/mol. The molecular formula is C17H21NO4. The Balaban J connectivity index is 1.52. The molecule has 5 nitrogen and oxygen atoms in total. The monoisotopic (exact) mass is 303 g/mol. The summed E-state index contributed by atoms with van der Waals surface area (Å²) in [5.41, 5.74) is 1.58. The van der Waals surface area contributed by atoms with E-state index in [-0.39, 0.29) is 17.5 Å². The number of phenols is 1. The smallest absolute Gasteiger partial charge is 0.168 e. The highest BCUT2D eigenvalue weighted by Crippen LogP contribution is 2.36. The molecule has 1 atom stereocenters. The maximum atomic E-state index is 10.0. The average Bonchev–Trinajstić information content (AvgIpc) is 3.25. The molecule has 3 aliphatic rings. The first-order valence-corrected chi connectivity index (χ1v) is 8.07. The molecule has 0 radical (unpaired) electrons. The van der Waals surface area contributed by atoms with E-state index in [2.05, 4.69) is 5.16 Å². The van der Waals surface area contributed by atoms with Crippen LogP contribution in [0.15, 0.2) is 23.4 Å². The summed E-state index contributed by atoms with van der Waals surface area (Å²) in [4.78, 5) is 5.63. The van der Waals surface area contributed by atoms with Crippen LogP contribution in [0.3, 0.4) is 0 Å². The Morgan fingerprint density at radius 1 is 1.27 bits per heavy atom. The minimum absolute atomic E-state index is 0.189. The number of hydrogen-bond acceptors (Lipinski definition) is 5. The molecule has 1 saturated carbocycles. The van der Waals surface area contributed by atoms with Crippen LogP contribution in [0.5, 0.6) is 11.5 Å². The van der Waals surface area contributed by atoms with Gasteiger partial charge in [0.2, 0.25) is 0 Å². The van der Waals surface area contributed by atoms with Crippen LogP contribution in [0.25, 0.3) is 0 Å². The zero-order valence-corrected chi connectivity index (χ0v) is 12.6. The lowest BCUT2D eigenvalue weighted by molar-refractivity contribution is -0.0237. The minimum Gasteiger partial charge on any atom is -0.504 e. The van der Waals surface area contributed by atoms with Gasteiger partial charge in [-0.05, 0) is 43.9 Å². The van der Waals surface area contributed by atoms with Gasteiger partial charge in [0.05, 0.1) is 25.0 Å². The molecule has 2 heterocycles. The van der Waals surface area contributed by atoms with Crippen molar-refractivity contribution in [3.8, 4) is 11.5 Å². The number of ether oxygens (including phenoxy) is 2. The zero-order valence-electron chi connectivity index (χ0n) is 12.6. The van der Waals surface area contributed by atoms with E-state index in [0.29, 0.717) is 12.4 Å². The lowest BCUT2D eigenvalue weighted by Crippen LogP contribution is -2.29. The third-order valence-electron chi connectivity index (χ3n) is 4.80. The molecule has 1 saturated heterocycles. The maximum absolute atomic E-state index is 10.0. The molecule has 5 heteroatoms. The Labute approximate surface area is 129 Å². The van der Waals surface area contributed by atoms with E-state index < -0.39 is 0 Å². The van der Waals surface area contributed by atoms with E-state index in [1.165, 1.54) is 12.8 Å². The van der Waals surface area contributed by atoms with Crippen molar-refractivity contribution in [2.24, 2.45) is 5.16 Å².